The van der Waals surface area contributed by atoms with E-state index < -0.39 is 0 Å². The smallest absolute Gasteiger partial charge is 0.0849 e. The predicted molar refractivity (Wildman–Crippen MR) is 58.7 cm³/mol. The van der Waals surface area contributed by atoms with E-state index in [1.807, 2.05) is 10.7 Å². The summed E-state index contributed by atoms with van der Waals surface area (Å²) in [5.74, 6) is 0.525. The second kappa shape index (κ2) is 4.77. The summed E-state index contributed by atoms with van der Waals surface area (Å²) in [7, 11) is 0. The van der Waals surface area contributed by atoms with E-state index in [0.717, 1.165) is 31.0 Å². The Labute approximate surface area is 90.3 Å². The molecule has 1 atom stereocenters. The Bertz CT molecular complexity index is 294. The third-order valence-electron chi connectivity index (χ3n) is 3.06. The van der Waals surface area contributed by atoms with Crippen molar-refractivity contribution >= 4 is 0 Å². The number of hydrogen-bond donors (Lipinski definition) is 2. The number of aromatic nitrogens is 2. The van der Waals surface area contributed by atoms with Crippen LogP contribution in [0.3, 0.4) is 0 Å². The van der Waals surface area contributed by atoms with Crippen LogP contribution in [0.15, 0.2) is 6.07 Å². The quantitative estimate of drug-likeness (QED) is 0.776. The third kappa shape index (κ3) is 2.21. The fraction of sp³-hybridized carbons (Fsp3) is 0.727. The van der Waals surface area contributed by atoms with Crippen LogP contribution in [-0.2, 0) is 13.2 Å². The lowest BCUT2D eigenvalue weighted by atomic mass is 9.96. The number of nitrogens with one attached hydrogen (secondary N) is 1. The molecule has 0 spiro atoms. The molecule has 1 fully saturated rings. The zero-order chi connectivity index (χ0) is 10.7. The van der Waals surface area contributed by atoms with Crippen molar-refractivity contribution in [2.75, 3.05) is 13.1 Å². The van der Waals surface area contributed by atoms with Crippen molar-refractivity contribution in [2.45, 2.75) is 38.8 Å². The first-order chi connectivity index (χ1) is 7.35. The lowest BCUT2D eigenvalue weighted by Gasteiger charge is -2.20. The number of hydrogen-bond acceptors (Lipinski definition) is 3. The Balaban J connectivity index is 2.16. The molecule has 15 heavy (non-hydrogen) atoms. The fourth-order valence-electron chi connectivity index (χ4n) is 2.18. The van der Waals surface area contributed by atoms with Gasteiger partial charge in [0.2, 0.25) is 0 Å². The lowest BCUT2D eigenvalue weighted by Crippen LogP contribution is -2.28. The maximum atomic E-state index is 9.18. The van der Waals surface area contributed by atoms with Crippen LogP contribution in [0.4, 0.5) is 0 Å². The van der Waals surface area contributed by atoms with E-state index in [2.05, 4.69) is 17.3 Å². The van der Waals surface area contributed by atoms with Gasteiger partial charge in [-0.1, -0.05) is 0 Å². The summed E-state index contributed by atoms with van der Waals surface area (Å²) in [6.07, 6.45) is 2.43. The summed E-state index contributed by atoms with van der Waals surface area (Å²) in [6, 6.07) is 2.04. The van der Waals surface area contributed by atoms with Crippen molar-refractivity contribution in [3.63, 3.8) is 0 Å². The third-order valence-corrected chi connectivity index (χ3v) is 3.06. The Hall–Kier alpha value is -0.870. The number of aliphatic hydroxyl groups is 1. The minimum Gasteiger partial charge on any atom is -0.390 e. The van der Waals surface area contributed by atoms with E-state index in [1.165, 1.54) is 12.8 Å². The van der Waals surface area contributed by atoms with Crippen molar-refractivity contribution < 1.29 is 5.11 Å². The summed E-state index contributed by atoms with van der Waals surface area (Å²) in [4.78, 5) is 0. The molecule has 1 aromatic rings. The van der Waals surface area contributed by atoms with Crippen molar-refractivity contribution in [2.24, 2.45) is 0 Å². The van der Waals surface area contributed by atoms with Crippen LogP contribution in [0, 0.1) is 0 Å². The number of rotatable bonds is 3. The van der Waals surface area contributed by atoms with Crippen LogP contribution >= 0.6 is 0 Å². The standard InChI is InChI=1S/C11H19N3O/c1-2-14-10(8-15)6-11(13-14)9-4-3-5-12-7-9/h6,9,12,15H,2-5,7-8H2,1H3/t9-/m0/s1. The van der Waals surface area contributed by atoms with Gasteiger partial charge >= 0.3 is 0 Å². The molecule has 2 heterocycles. The van der Waals surface area contributed by atoms with Gasteiger partial charge in [-0.2, -0.15) is 5.10 Å². The first kappa shape index (κ1) is 10.6. The average molecular weight is 209 g/mol. The Kier molecular flexibility index (Phi) is 3.38. The lowest BCUT2D eigenvalue weighted by molar-refractivity contribution is 0.268. The SMILES string of the molecule is CCn1nc([C@H]2CCCNC2)cc1CO. The van der Waals surface area contributed by atoms with E-state index in [-0.39, 0.29) is 6.61 Å². The first-order valence-corrected chi connectivity index (χ1v) is 5.73. The second-order valence-corrected chi connectivity index (χ2v) is 4.08. The number of aryl methyl sites for hydroxylation is 1. The van der Waals surface area contributed by atoms with E-state index >= 15 is 0 Å². The molecule has 0 radical (unpaired) electrons. The maximum Gasteiger partial charge on any atom is 0.0849 e. The van der Waals surface area contributed by atoms with Gasteiger partial charge in [0.1, 0.15) is 0 Å². The van der Waals surface area contributed by atoms with Crippen LogP contribution in [0.2, 0.25) is 0 Å². The largest absolute Gasteiger partial charge is 0.390 e. The van der Waals surface area contributed by atoms with Crippen LogP contribution in [0.5, 0.6) is 0 Å². The molecule has 0 saturated carbocycles. The topological polar surface area (TPSA) is 50.1 Å². The van der Waals surface area contributed by atoms with Gasteiger partial charge in [-0.05, 0) is 32.4 Å². The highest BCUT2D eigenvalue weighted by atomic mass is 16.3. The summed E-state index contributed by atoms with van der Waals surface area (Å²) < 4.78 is 1.89. The number of piperidine rings is 1. The van der Waals surface area contributed by atoms with Crippen molar-refractivity contribution in [1.29, 1.82) is 0 Å². The van der Waals surface area contributed by atoms with Gasteiger partial charge in [0, 0.05) is 19.0 Å². The molecule has 84 valence electrons. The molecule has 4 nitrogen and oxygen atoms in total. The summed E-state index contributed by atoms with van der Waals surface area (Å²) >= 11 is 0. The highest BCUT2D eigenvalue weighted by Crippen LogP contribution is 2.22. The molecular weight excluding hydrogens is 190 g/mol. The molecule has 1 aliphatic rings. The van der Waals surface area contributed by atoms with Gasteiger partial charge in [0.05, 0.1) is 18.0 Å². The second-order valence-electron chi connectivity index (χ2n) is 4.08. The van der Waals surface area contributed by atoms with Crippen LogP contribution in [0.25, 0.3) is 0 Å². The van der Waals surface area contributed by atoms with Gasteiger partial charge in [-0.25, -0.2) is 0 Å². The number of nitrogens with zero attached hydrogens (tertiary/aromatic N) is 2. The minimum atomic E-state index is 0.0843. The molecule has 1 aliphatic heterocycles. The van der Waals surface area contributed by atoms with Gasteiger partial charge in [-0.3, -0.25) is 4.68 Å². The predicted octanol–water partition coefficient (Wildman–Crippen LogP) is 0.862. The van der Waals surface area contributed by atoms with Crippen molar-refractivity contribution in [1.82, 2.24) is 15.1 Å². The average Bonchev–Trinajstić information content (AvgIpc) is 2.73. The molecule has 0 aliphatic carbocycles. The zero-order valence-electron chi connectivity index (χ0n) is 9.24. The van der Waals surface area contributed by atoms with Gasteiger partial charge in [-0.15, -0.1) is 0 Å². The minimum absolute atomic E-state index is 0.0843. The molecule has 0 aromatic carbocycles. The molecule has 2 N–H and O–H groups in total. The first-order valence-electron chi connectivity index (χ1n) is 5.73. The van der Waals surface area contributed by atoms with Gasteiger partial charge in [0.15, 0.2) is 0 Å². The monoisotopic (exact) mass is 209 g/mol. The van der Waals surface area contributed by atoms with Crippen LogP contribution < -0.4 is 5.32 Å². The highest BCUT2D eigenvalue weighted by Gasteiger charge is 2.18. The van der Waals surface area contributed by atoms with Crippen LogP contribution in [0.1, 0.15) is 37.1 Å². The molecule has 1 saturated heterocycles. The molecular formula is C11H19N3O. The normalized spacial score (nSPS) is 21.9. The van der Waals surface area contributed by atoms with E-state index in [9.17, 15) is 5.11 Å². The van der Waals surface area contributed by atoms with Gasteiger partial charge in [0.25, 0.3) is 0 Å². The van der Waals surface area contributed by atoms with Crippen molar-refractivity contribution in [3.05, 3.63) is 17.5 Å². The Morgan fingerprint density at radius 2 is 2.53 bits per heavy atom. The van der Waals surface area contributed by atoms with E-state index in [1.54, 1.807) is 0 Å². The molecule has 0 unspecified atom stereocenters. The van der Waals surface area contributed by atoms with Crippen molar-refractivity contribution in [3.8, 4) is 0 Å². The van der Waals surface area contributed by atoms with Crippen LogP contribution in [-0.4, -0.2) is 28.0 Å². The van der Waals surface area contributed by atoms with E-state index in [0.29, 0.717) is 5.92 Å². The zero-order valence-corrected chi connectivity index (χ0v) is 9.24. The summed E-state index contributed by atoms with van der Waals surface area (Å²) in [5, 5.41) is 17.1. The molecule has 2 rings (SSSR count). The molecule has 1 aromatic heterocycles. The Morgan fingerprint density at radius 1 is 1.67 bits per heavy atom. The molecule has 0 amide bonds. The molecule has 0 bridgehead atoms. The molecule has 4 heteroatoms. The maximum absolute atomic E-state index is 9.18. The Morgan fingerprint density at radius 3 is 3.07 bits per heavy atom. The fourth-order valence-corrected chi connectivity index (χ4v) is 2.18. The van der Waals surface area contributed by atoms with E-state index in [4.69, 9.17) is 0 Å². The highest BCUT2D eigenvalue weighted by molar-refractivity contribution is 5.15. The van der Waals surface area contributed by atoms with Gasteiger partial charge < -0.3 is 10.4 Å². The number of aliphatic hydroxyl groups excluding tert-OH is 1. The summed E-state index contributed by atoms with van der Waals surface area (Å²) in [6.45, 7) is 5.11. The summed E-state index contributed by atoms with van der Waals surface area (Å²) in [5.41, 5.74) is 2.06.